The van der Waals surface area contributed by atoms with Gasteiger partial charge in [0, 0.05) is 18.6 Å². The molecule has 2 aliphatic rings. The molecule has 2 fully saturated rings. The topological polar surface area (TPSA) is 81.7 Å². The predicted molar refractivity (Wildman–Crippen MR) is 80.2 cm³/mol. The molecular formula is C15H27N3O3. The van der Waals surface area contributed by atoms with Crippen LogP contribution in [0.3, 0.4) is 0 Å². The highest BCUT2D eigenvalue weighted by Crippen LogP contribution is 2.26. The smallest absolute Gasteiger partial charge is 0.326 e. The number of piperidine rings is 1. The van der Waals surface area contributed by atoms with Crippen LogP contribution in [0.5, 0.6) is 0 Å². The number of unbranched alkanes of at least 4 members (excludes halogenated alkanes) is 1. The van der Waals surface area contributed by atoms with Crippen molar-refractivity contribution in [2.24, 2.45) is 0 Å². The molecule has 6 nitrogen and oxygen atoms in total. The third kappa shape index (κ3) is 4.59. The minimum atomic E-state index is -0.954. The van der Waals surface area contributed by atoms with Crippen LogP contribution in [0, 0.1) is 0 Å². The Hall–Kier alpha value is -1.30. The number of nitrogens with one attached hydrogen (secondary N) is 2. The van der Waals surface area contributed by atoms with Crippen LogP contribution in [0.1, 0.15) is 51.9 Å². The van der Waals surface area contributed by atoms with Crippen molar-refractivity contribution in [3.8, 4) is 0 Å². The minimum absolute atomic E-state index is 0.171. The second-order valence-electron chi connectivity index (χ2n) is 6.20. The first kappa shape index (κ1) is 16.1. The summed E-state index contributed by atoms with van der Waals surface area (Å²) in [5.41, 5.74) is 0. The van der Waals surface area contributed by atoms with Gasteiger partial charge in [0.25, 0.3) is 0 Å². The molecule has 2 aliphatic heterocycles. The molecule has 6 heteroatoms. The Labute approximate surface area is 126 Å². The fourth-order valence-corrected chi connectivity index (χ4v) is 3.41. The number of nitrogens with zero attached hydrogens (tertiary/aromatic N) is 1. The number of rotatable bonds is 6. The molecule has 3 N–H and O–H groups in total. The highest BCUT2D eigenvalue weighted by molar-refractivity contribution is 5.82. The number of hydrogen-bond donors (Lipinski definition) is 3. The first-order valence-electron chi connectivity index (χ1n) is 8.14. The second kappa shape index (κ2) is 7.64. The molecule has 0 radical (unpaired) electrons. The molecule has 2 amide bonds. The zero-order valence-corrected chi connectivity index (χ0v) is 12.8. The van der Waals surface area contributed by atoms with Crippen molar-refractivity contribution in [2.45, 2.75) is 70.0 Å². The van der Waals surface area contributed by atoms with Crippen molar-refractivity contribution in [2.75, 3.05) is 13.1 Å². The summed E-state index contributed by atoms with van der Waals surface area (Å²) >= 11 is 0. The summed E-state index contributed by atoms with van der Waals surface area (Å²) in [5, 5.41) is 14.7. The van der Waals surface area contributed by atoms with Crippen LogP contribution in [-0.2, 0) is 4.79 Å². The average molecular weight is 297 g/mol. The van der Waals surface area contributed by atoms with Gasteiger partial charge < -0.3 is 20.6 Å². The van der Waals surface area contributed by atoms with E-state index < -0.39 is 12.0 Å². The summed E-state index contributed by atoms with van der Waals surface area (Å²) in [6, 6.07) is -0.351. The van der Waals surface area contributed by atoms with Crippen LogP contribution in [0.15, 0.2) is 0 Å². The van der Waals surface area contributed by atoms with Crippen LogP contribution in [0.2, 0.25) is 0 Å². The summed E-state index contributed by atoms with van der Waals surface area (Å²) in [7, 11) is 0. The SMILES string of the molecule is CCCCC(NC(=O)NC1CCN2CCCC2C1)C(=O)O. The number of carbonyl (C=O) groups excluding carboxylic acids is 1. The van der Waals surface area contributed by atoms with E-state index in [2.05, 4.69) is 15.5 Å². The number of urea groups is 1. The molecule has 2 rings (SSSR count). The molecule has 0 aromatic rings. The second-order valence-corrected chi connectivity index (χ2v) is 6.20. The largest absolute Gasteiger partial charge is 0.480 e. The fraction of sp³-hybridized carbons (Fsp3) is 0.867. The Morgan fingerprint density at radius 1 is 1.33 bits per heavy atom. The summed E-state index contributed by atoms with van der Waals surface area (Å²) in [6.07, 6.45) is 6.62. The van der Waals surface area contributed by atoms with E-state index in [4.69, 9.17) is 5.11 Å². The average Bonchev–Trinajstić information content (AvgIpc) is 2.90. The maximum absolute atomic E-state index is 12.0. The Kier molecular flexibility index (Phi) is 5.85. The van der Waals surface area contributed by atoms with Gasteiger partial charge in [-0.1, -0.05) is 19.8 Å². The molecule has 3 atom stereocenters. The summed E-state index contributed by atoms with van der Waals surface area (Å²) < 4.78 is 0. The first-order valence-corrected chi connectivity index (χ1v) is 8.14. The van der Waals surface area contributed by atoms with Crippen LogP contribution in [-0.4, -0.2) is 53.2 Å². The highest BCUT2D eigenvalue weighted by atomic mass is 16.4. The molecule has 0 spiro atoms. The number of aliphatic carboxylic acids is 1. The van der Waals surface area contributed by atoms with Crippen molar-refractivity contribution >= 4 is 12.0 Å². The third-order valence-corrected chi connectivity index (χ3v) is 4.61. The van der Waals surface area contributed by atoms with Crippen LogP contribution < -0.4 is 10.6 Å². The zero-order valence-electron chi connectivity index (χ0n) is 12.8. The van der Waals surface area contributed by atoms with Gasteiger partial charge >= 0.3 is 12.0 Å². The molecule has 120 valence electrons. The first-order chi connectivity index (χ1) is 10.1. The van der Waals surface area contributed by atoms with Gasteiger partial charge in [0.1, 0.15) is 6.04 Å². The van der Waals surface area contributed by atoms with Crippen molar-refractivity contribution in [1.29, 1.82) is 0 Å². The van der Waals surface area contributed by atoms with Crippen molar-refractivity contribution in [3.63, 3.8) is 0 Å². The molecule has 2 heterocycles. The lowest BCUT2D eigenvalue weighted by Crippen LogP contribution is -2.52. The summed E-state index contributed by atoms with van der Waals surface area (Å²) in [5.74, 6) is -0.954. The van der Waals surface area contributed by atoms with Gasteiger partial charge in [-0.2, -0.15) is 0 Å². The number of carboxylic acid groups (broad SMARTS) is 1. The molecule has 0 saturated carbocycles. The Bertz CT molecular complexity index is 375. The molecule has 0 aliphatic carbocycles. The van der Waals surface area contributed by atoms with Gasteiger partial charge in [-0.3, -0.25) is 0 Å². The zero-order chi connectivity index (χ0) is 15.2. The lowest BCUT2D eigenvalue weighted by atomic mass is 9.98. The third-order valence-electron chi connectivity index (χ3n) is 4.61. The number of carboxylic acids is 1. The molecule has 0 aromatic carbocycles. The number of fused-ring (bicyclic) bond motifs is 1. The number of amides is 2. The van der Waals surface area contributed by atoms with Crippen molar-refractivity contribution in [3.05, 3.63) is 0 Å². The molecule has 0 aromatic heterocycles. The van der Waals surface area contributed by atoms with E-state index in [0.717, 1.165) is 32.2 Å². The lowest BCUT2D eigenvalue weighted by Gasteiger charge is -2.35. The number of hydrogen-bond acceptors (Lipinski definition) is 3. The monoisotopic (exact) mass is 297 g/mol. The van der Waals surface area contributed by atoms with Crippen LogP contribution in [0.25, 0.3) is 0 Å². The molecule has 2 saturated heterocycles. The molecular weight excluding hydrogens is 270 g/mol. The van der Waals surface area contributed by atoms with Gasteiger partial charge in [0.2, 0.25) is 0 Å². The van der Waals surface area contributed by atoms with E-state index in [-0.39, 0.29) is 12.1 Å². The van der Waals surface area contributed by atoms with Crippen molar-refractivity contribution < 1.29 is 14.7 Å². The molecule has 3 unspecified atom stereocenters. The highest BCUT2D eigenvalue weighted by Gasteiger charge is 2.32. The fourth-order valence-electron chi connectivity index (χ4n) is 3.41. The Morgan fingerprint density at radius 3 is 2.86 bits per heavy atom. The van der Waals surface area contributed by atoms with Crippen molar-refractivity contribution in [1.82, 2.24) is 15.5 Å². The van der Waals surface area contributed by atoms with E-state index in [1.54, 1.807) is 0 Å². The van der Waals surface area contributed by atoms with Crippen LogP contribution >= 0.6 is 0 Å². The lowest BCUT2D eigenvalue weighted by molar-refractivity contribution is -0.139. The van der Waals surface area contributed by atoms with Gasteiger partial charge in [-0.15, -0.1) is 0 Å². The van der Waals surface area contributed by atoms with Gasteiger partial charge in [-0.25, -0.2) is 9.59 Å². The Morgan fingerprint density at radius 2 is 2.14 bits per heavy atom. The van der Waals surface area contributed by atoms with Gasteiger partial charge in [0.05, 0.1) is 0 Å². The standard InChI is InChI=1S/C15H27N3O3/c1-2-3-6-13(14(19)20)17-15(21)16-11-7-9-18-8-4-5-12(18)10-11/h11-13H,2-10H2,1H3,(H,19,20)(H2,16,17,21). The number of carbonyl (C=O) groups is 2. The Balaban J connectivity index is 1.76. The van der Waals surface area contributed by atoms with Gasteiger partial charge in [0.15, 0.2) is 0 Å². The van der Waals surface area contributed by atoms with E-state index in [9.17, 15) is 9.59 Å². The van der Waals surface area contributed by atoms with E-state index in [0.29, 0.717) is 12.5 Å². The minimum Gasteiger partial charge on any atom is -0.480 e. The van der Waals surface area contributed by atoms with E-state index >= 15 is 0 Å². The maximum atomic E-state index is 12.0. The molecule has 0 bridgehead atoms. The molecule has 21 heavy (non-hydrogen) atoms. The normalized spacial score (nSPS) is 26.9. The van der Waals surface area contributed by atoms with Gasteiger partial charge in [-0.05, 0) is 38.6 Å². The van der Waals surface area contributed by atoms with E-state index in [1.807, 2.05) is 6.92 Å². The summed E-state index contributed by atoms with van der Waals surface area (Å²) in [4.78, 5) is 25.6. The summed E-state index contributed by atoms with van der Waals surface area (Å²) in [6.45, 7) is 4.23. The quantitative estimate of drug-likeness (QED) is 0.695. The van der Waals surface area contributed by atoms with E-state index in [1.165, 1.54) is 19.4 Å². The van der Waals surface area contributed by atoms with Crippen LogP contribution in [0.4, 0.5) is 4.79 Å². The predicted octanol–water partition coefficient (Wildman–Crippen LogP) is 1.56. The maximum Gasteiger partial charge on any atom is 0.326 e.